The summed E-state index contributed by atoms with van der Waals surface area (Å²) in [7, 11) is 1.63. The number of carbonyl (C=O) groups excluding carboxylic acids is 1. The van der Waals surface area contributed by atoms with Crippen molar-refractivity contribution in [1.82, 2.24) is 14.5 Å². The van der Waals surface area contributed by atoms with Crippen LogP contribution in [0.15, 0.2) is 35.0 Å². The van der Waals surface area contributed by atoms with E-state index in [-0.39, 0.29) is 18.0 Å². The largest absolute Gasteiger partial charge is 0.462 e. The number of aryl methyl sites for hydroxylation is 1. The second kappa shape index (κ2) is 7.41. The van der Waals surface area contributed by atoms with Crippen molar-refractivity contribution >= 4 is 11.5 Å². The van der Waals surface area contributed by atoms with Crippen LogP contribution < -0.4 is 5.56 Å². The normalized spacial score (nSPS) is 14.8. The Kier molecular flexibility index (Phi) is 5.16. The lowest BCUT2D eigenvalue weighted by Crippen LogP contribution is -2.23. The highest BCUT2D eigenvalue weighted by atomic mass is 16.5. The highest BCUT2D eigenvalue weighted by Gasteiger charge is 2.31. The van der Waals surface area contributed by atoms with E-state index >= 15 is 0 Å². The Labute approximate surface area is 162 Å². The molecule has 0 amide bonds. The zero-order chi connectivity index (χ0) is 20.5. The molecule has 2 aromatic rings. The summed E-state index contributed by atoms with van der Waals surface area (Å²) >= 11 is 0. The van der Waals surface area contributed by atoms with E-state index in [1.54, 1.807) is 33.2 Å². The molecule has 0 unspecified atom stereocenters. The molecule has 2 heterocycles. The molecular formula is C21H21N3O4. The number of carbonyl (C=O) groups is 1. The molecule has 144 valence electrons. The molecule has 0 fully saturated rings. The molecule has 0 saturated heterocycles. The fourth-order valence-electron chi connectivity index (χ4n) is 3.19. The fraction of sp³-hybridized carbons (Fsp3) is 0.333. The smallest absolute Gasteiger partial charge is 0.338 e. The second-order valence-electron chi connectivity index (χ2n) is 6.76. The van der Waals surface area contributed by atoms with Gasteiger partial charge in [0.15, 0.2) is 11.4 Å². The number of ether oxygens (including phenoxy) is 1. The van der Waals surface area contributed by atoms with Gasteiger partial charge in [-0.2, -0.15) is 0 Å². The summed E-state index contributed by atoms with van der Waals surface area (Å²) in [5.74, 6) is 5.37. The zero-order valence-electron chi connectivity index (χ0n) is 16.2. The summed E-state index contributed by atoms with van der Waals surface area (Å²) in [5, 5.41) is 10.7. The molecule has 0 aromatic carbocycles. The van der Waals surface area contributed by atoms with Crippen LogP contribution in [0.2, 0.25) is 0 Å². The number of aliphatic hydroxyl groups is 1. The summed E-state index contributed by atoms with van der Waals surface area (Å²) in [6.07, 6.45) is 4.97. The molecule has 3 rings (SSSR count). The maximum Gasteiger partial charge on any atom is 0.338 e. The first-order valence-corrected chi connectivity index (χ1v) is 8.89. The number of pyridine rings is 1. The molecular weight excluding hydrogens is 358 g/mol. The maximum absolute atomic E-state index is 12.6. The van der Waals surface area contributed by atoms with Crippen molar-refractivity contribution in [1.29, 1.82) is 0 Å². The highest BCUT2D eigenvalue weighted by molar-refractivity contribution is 6.19. The van der Waals surface area contributed by atoms with Gasteiger partial charge in [-0.15, -0.1) is 0 Å². The first kappa shape index (κ1) is 19.5. The molecule has 0 saturated carbocycles. The van der Waals surface area contributed by atoms with Crippen LogP contribution >= 0.6 is 0 Å². The first-order valence-electron chi connectivity index (χ1n) is 8.89. The van der Waals surface area contributed by atoms with Crippen molar-refractivity contribution in [3.63, 3.8) is 0 Å². The van der Waals surface area contributed by atoms with Crippen molar-refractivity contribution in [3.8, 4) is 11.8 Å². The molecule has 1 atom stereocenters. The van der Waals surface area contributed by atoms with E-state index in [2.05, 4.69) is 21.8 Å². The van der Waals surface area contributed by atoms with Gasteiger partial charge in [-0.25, -0.2) is 14.8 Å². The highest BCUT2D eigenvalue weighted by Crippen LogP contribution is 2.34. The van der Waals surface area contributed by atoms with E-state index in [0.29, 0.717) is 28.7 Å². The third-order valence-corrected chi connectivity index (χ3v) is 4.51. The van der Waals surface area contributed by atoms with E-state index in [1.807, 2.05) is 0 Å². The molecule has 0 spiro atoms. The topological polar surface area (TPSA) is 94.3 Å². The van der Waals surface area contributed by atoms with Gasteiger partial charge in [0.05, 0.1) is 12.2 Å². The van der Waals surface area contributed by atoms with Gasteiger partial charge in [0, 0.05) is 48.7 Å². The second-order valence-corrected chi connectivity index (χ2v) is 6.76. The van der Waals surface area contributed by atoms with Gasteiger partial charge in [-0.05, 0) is 26.8 Å². The van der Waals surface area contributed by atoms with Crippen LogP contribution in [0.25, 0.3) is 5.57 Å². The number of hydrogen-bond acceptors (Lipinski definition) is 6. The summed E-state index contributed by atoms with van der Waals surface area (Å²) in [4.78, 5) is 33.1. The summed E-state index contributed by atoms with van der Waals surface area (Å²) in [6.45, 7) is 5.25. The number of rotatable bonds is 3. The number of aromatic nitrogens is 3. The first-order chi connectivity index (χ1) is 13.3. The van der Waals surface area contributed by atoms with Crippen LogP contribution in [0, 0.1) is 11.8 Å². The van der Waals surface area contributed by atoms with Crippen LogP contribution in [-0.2, 0) is 28.6 Å². The predicted octanol–water partition coefficient (Wildman–Crippen LogP) is 1.33. The summed E-state index contributed by atoms with van der Waals surface area (Å²) in [5.41, 5.74) is 0.810. The fourth-order valence-corrected chi connectivity index (χ4v) is 3.19. The van der Waals surface area contributed by atoms with Gasteiger partial charge in [-0.1, -0.05) is 17.4 Å². The Balaban J connectivity index is 2.15. The zero-order valence-corrected chi connectivity index (χ0v) is 16.2. The van der Waals surface area contributed by atoms with Crippen LogP contribution in [0.1, 0.15) is 43.3 Å². The molecule has 2 aromatic heterocycles. The number of hydrogen-bond donors (Lipinski definition) is 1. The molecule has 28 heavy (non-hydrogen) atoms. The van der Waals surface area contributed by atoms with Crippen LogP contribution in [0.5, 0.6) is 0 Å². The predicted molar refractivity (Wildman–Crippen MR) is 103 cm³/mol. The minimum atomic E-state index is -1.59. The minimum Gasteiger partial charge on any atom is -0.462 e. The van der Waals surface area contributed by atoms with Crippen LogP contribution in [0.3, 0.4) is 0 Å². The quantitative estimate of drug-likeness (QED) is 0.639. The van der Waals surface area contributed by atoms with Gasteiger partial charge in [-0.3, -0.25) is 4.79 Å². The number of nitrogens with zero attached hydrogens (tertiary/aromatic N) is 3. The lowest BCUT2D eigenvalue weighted by atomic mass is 9.99. The standard InChI is InChI=1S/C21H21N3O4/c1-5-28-19(26)16-13(2)11-15-17(16)14(12-24(4)18(15)25)7-8-21(3,27)20-22-9-6-10-23-20/h6,9-10,12,27H,5,11H2,1-4H3/t21-/m0/s1. The Bertz CT molecular complexity index is 1090. The maximum atomic E-state index is 12.6. The van der Waals surface area contributed by atoms with Crippen molar-refractivity contribution < 1.29 is 14.6 Å². The Morgan fingerprint density at radius 3 is 2.71 bits per heavy atom. The molecule has 7 heteroatoms. The van der Waals surface area contributed by atoms with Gasteiger partial charge < -0.3 is 14.4 Å². The van der Waals surface area contributed by atoms with E-state index in [0.717, 1.165) is 5.57 Å². The average Bonchev–Trinajstić information content (AvgIpc) is 3.02. The van der Waals surface area contributed by atoms with E-state index in [1.165, 1.54) is 23.9 Å². The third-order valence-electron chi connectivity index (χ3n) is 4.51. The summed E-state index contributed by atoms with van der Waals surface area (Å²) in [6, 6.07) is 1.64. The van der Waals surface area contributed by atoms with Gasteiger partial charge >= 0.3 is 5.97 Å². The van der Waals surface area contributed by atoms with Gasteiger partial charge in [0.1, 0.15) is 0 Å². The molecule has 1 N–H and O–H groups in total. The number of fused-ring (bicyclic) bond motifs is 1. The Morgan fingerprint density at radius 1 is 1.39 bits per heavy atom. The van der Waals surface area contributed by atoms with Crippen molar-refractivity contribution in [2.24, 2.45) is 7.05 Å². The van der Waals surface area contributed by atoms with Crippen LogP contribution in [-0.4, -0.2) is 32.2 Å². The SMILES string of the molecule is CCOC(=O)C1=C(C)Cc2c1c(C#C[C@](C)(O)c1ncccn1)cn(C)c2=O. The lowest BCUT2D eigenvalue weighted by Gasteiger charge is -2.14. The van der Waals surface area contributed by atoms with Crippen molar-refractivity contribution in [2.45, 2.75) is 32.8 Å². The monoisotopic (exact) mass is 379 g/mol. The Hall–Kier alpha value is -3.24. The number of allylic oxidation sites excluding steroid dienone is 1. The molecule has 0 radical (unpaired) electrons. The summed E-state index contributed by atoms with van der Waals surface area (Å²) < 4.78 is 6.60. The Morgan fingerprint density at radius 2 is 2.07 bits per heavy atom. The van der Waals surface area contributed by atoms with E-state index in [9.17, 15) is 14.7 Å². The van der Waals surface area contributed by atoms with Crippen molar-refractivity contribution in [3.05, 3.63) is 63.1 Å². The molecule has 7 nitrogen and oxygen atoms in total. The molecule has 0 aliphatic heterocycles. The van der Waals surface area contributed by atoms with Gasteiger partial charge in [0.2, 0.25) is 0 Å². The van der Waals surface area contributed by atoms with Crippen molar-refractivity contribution in [2.75, 3.05) is 6.61 Å². The lowest BCUT2D eigenvalue weighted by molar-refractivity contribution is -0.136. The average molecular weight is 379 g/mol. The van der Waals surface area contributed by atoms with Gasteiger partial charge in [0.25, 0.3) is 5.56 Å². The molecule has 0 bridgehead atoms. The minimum absolute atomic E-state index is 0.168. The number of esters is 1. The van der Waals surface area contributed by atoms with E-state index in [4.69, 9.17) is 4.74 Å². The van der Waals surface area contributed by atoms with Crippen LogP contribution in [0.4, 0.5) is 0 Å². The van der Waals surface area contributed by atoms with E-state index < -0.39 is 11.6 Å². The third kappa shape index (κ3) is 3.47. The molecule has 1 aliphatic carbocycles. The molecule has 1 aliphatic rings.